The summed E-state index contributed by atoms with van der Waals surface area (Å²) >= 11 is 0. The van der Waals surface area contributed by atoms with Crippen molar-refractivity contribution in [3.8, 4) is 0 Å². The van der Waals surface area contributed by atoms with Crippen LogP contribution in [0.3, 0.4) is 0 Å². The first-order valence-electron chi connectivity index (χ1n) is 11.8. The first-order valence-corrected chi connectivity index (χ1v) is 11.8. The smallest absolute Gasteiger partial charge is 0.269 e. The molecule has 0 radical (unpaired) electrons. The van der Waals surface area contributed by atoms with E-state index in [1.807, 2.05) is 60.7 Å². The SMILES string of the molecule is CCCC1=[C-]CC=C1C.CCCC1=[C-]CC=C1C.[CH2-]c1ccccc1.[CH2-]c1ccccc1.[Zr+4]. The van der Waals surface area contributed by atoms with Crippen molar-refractivity contribution in [1.82, 2.24) is 0 Å². The van der Waals surface area contributed by atoms with Gasteiger partial charge in [0.2, 0.25) is 0 Å². The fourth-order valence-electron chi connectivity index (χ4n) is 3.21. The average molecular weight is 516 g/mol. The minimum absolute atomic E-state index is 0. The zero-order valence-electron chi connectivity index (χ0n) is 21.1. The maximum atomic E-state index is 3.72. The first kappa shape index (κ1) is 31.0. The van der Waals surface area contributed by atoms with E-state index in [0.717, 1.165) is 24.0 Å². The topological polar surface area (TPSA) is 0 Å². The van der Waals surface area contributed by atoms with E-state index in [1.54, 1.807) is 0 Å². The Bertz CT molecular complexity index is 792. The van der Waals surface area contributed by atoms with Crippen molar-refractivity contribution in [3.63, 3.8) is 0 Å². The van der Waals surface area contributed by atoms with Crippen molar-refractivity contribution in [1.29, 1.82) is 0 Å². The zero-order chi connectivity index (χ0) is 23.6. The van der Waals surface area contributed by atoms with Crippen LogP contribution in [-0.2, 0) is 26.2 Å². The van der Waals surface area contributed by atoms with Crippen LogP contribution >= 0.6 is 0 Å². The summed E-state index contributed by atoms with van der Waals surface area (Å²) in [4.78, 5) is 0. The second-order valence-corrected chi connectivity index (χ2v) is 7.96. The Hall–Kier alpha value is -1.98. The molecule has 0 fully saturated rings. The van der Waals surface area contributed by atoms with Gasteiger partial charge < -0.3 is 0 Å². The van der Waals surface area contributed by atoms with E-state index in [4.69, 9.17) is 0 Å². The summed E-state index contributed by atoms with van der Waals surface area (Å²) in [5.41, 5.74) is 7.91. The summed E-state index contributed by atoms with van der Waals surface area (Å²) in [5.74, 6) is 0. The molecule has 172 valence electrons. The van der Waals surface area contributed by atoms with Crippen molar-refractivity contribution in [2.75, 3.05) is 0 Å². The fourth-order valence-corrected chi connectivity index (χ4v) is 3.21. The Morgan fingerprint density at radius 3 is 1.15 bits per heavy atom. The molecular weight excluding hydrogens is 476 g/mol. The van der Waals surface area contributed by atoms with Crippen LogP contribution in [0.15, 0.2) is 95.1 Å². The fraction of sp³-hybridized carbons (Fsp3) is 0.312. The summed E-state index contributed by atoms with van der Waals surface area (Å²) in [7, 11) is 0. The van der Waals surface area contributed by atoms with Crippen molar-refractivity contribution in [2.45, 2.75) is 66.2 Å². The zero-order valence-corrected chi connectivity index (χ0v) is 23.5. The molecule has 1 heteroatoms. The number of allylic oxidation sites excluding steroid dienone is 8. The largest absolute Gasteiger partial charge is 4.00 e. The standard InChI is InChI=1S/2C9H13.2C7H7.Zr/c2*1-3-5-9-7-4-6-8(9)2;2*1-7-5-3-2-4-6-7;/h2*6H,3-5H2,1-2H3;2*2-6H,1H2;/q4*-1;+4. The molecule has 4 rings (SSSR count). The summed E-state index contributed by atoms with van der Waals surface area (Å²) in [6, 6.07) is 19.7. The number of rotatable bonds is 4. The van der Waals surface area contributed by atoms with Crippen LogP contribution in [0, 0.1) is 26.0 Å². The van der Waals surface area contributed by atoms with Crippen molar-refractivity contribution in [2.24, 2.45) is 0 Å². The monoisotopic (exact) mass is 514 g/mol. The van der Waals surface area contributed by atoms with Crippen LogP contribution in [0.4, 0.5) is 0 Å². The molecule has 0 atom stereocenters. The summed E-state index contributed by atoms with van der Waals surface area (Å²) in [5, 5.41) is 0. The molecule has 0 unspecified atom stereocenters. The molecule has 0 aromatic heterocycles. The van der Waals surface area contributed by atoms with Crippen LogP contribution in [-0.4, -0.2) is 0 Å². The molecule has 0 spiro atoms. The van der Waals surface area contributed by atoms with Gasteiger partial charge in [0.15, 0.2) is 0 Å². The van der Waals surface area contributed by atoms with Crippen molar-refractivity contribution in [3.05, 3.63) is 132 Å². The van der Waals surface area contributed by atoms with E-state index in [2.05, 4.69) is 65.8 Å². The molecular formula is C32H40Zr. The first-order chi connectivity index (χ1) is 15.5. The van der Waals surface area contributed by atoms with Gasteiger partial charge in [0.1, 0.15) is 0 Å². The third kappa shape index (κ3) is 14.7. The van der Waals surface area contributed by atoms with E-state index in [9.17, 15) is 0 Å². The minimum Gasteiger partial charge on any atom is -0.269 e. The molecule has 0 aliphatic heterocycles. The predicted molar refractivity (Wildman–Crippen MR) is 142 cm³/mol. The second-order valence-electron chi connectivity index (χ2n) is 7.96. The molecule has 33 heavy (non-hydrogen) atoms. The maximum absolute atomic E-state index is 3.72. The molecule has 2 aliphatic carbocycles. The molecule has 2 aromatic rings. The third-order valence-electron chi connectivity index (χ3n) is 5.09. The van der Waals surface area contributed by atoms with Crippen molar-refractivity contribution >= 4 is 0 Å². The molecule has 0 nitrogen and oxygen atoms in total. The molecule has 0 N–H and O–H groups in total. The van der Waals surface area contributed by atoms with E-state index < -0.39 is 0 Å². The normalized spacial score (nSPS) is 13.2. The Morgan fingerprint density at radius 1 is 0.636 bits per heavy atom. The van der Waals surface area contributed by atoms with Crippen LogP contribution in [0.5, 0.6) is 0 Å². The Kier molecular flexibility index (Phi) is 18.3. The van der Waals surface area contributed by atoms with E-state index in [-0.39, 0.29) is 26.2 Å². The Balaban J connectivity index is 0.000000412. The van der Waals surface area contributed by atoms with E-state index >= 15 is 0 Å². The molecule has 0 heterocycles. The molecule has 0 saturated heterocycles. The van der Waals surface area contributed by atoms with Crippen LogP contribution in [0.1, 0.15) is 77.3 Å². The van der Waals surface area contributed by atoms with Crippen molar-refractivity contribution < 1.29 is 26.2 Å². The van der Waals surface area contributed by atoms with Gasteiger partial charge in [-0.1, -0.05) is 51.7 Å². The molecule has 2 aromatic carbocycles. The van der Waals surface area contributed by atoms with Crippen LogP contribution in [0.2, 0.25) is 0 Å². The van der Waals surface area contributed by atoms with Gasteiger partial charge in [0, 0.05) is 0 Å². The van der Waals surface area contributed by atoms with Gasteiger partial charge in [-0.25, -0.2) is 22.3 Å². The number of hydrogen-bond donors (Lipinski definition) is 0. The Morgan fingerprint density at radius 2 is 0.970 bits per heavy atom. The maximum Gasteiger partial charge on any atom is 4.00 e. The number of hydrogen-bond acceptors (Lipinski definition) is 0. The number of benzene rings is 2. The predicted octanol–water partition coefficient (Wildman–Crippen LogP) is 9.47. The molecule has 0 amide bonds. The van der Waals surface area contributed by atoms with Crippen LogP contribution < -0.4 is 0 Å². The van der Waals surface area contributed by atoms with Gasteiger partial charge in [-0.05, 0) is 0 Å². The van der Waals surface area contributed by atoms with E-state index in [1.165, 1.54) is 48.0 Å². The molecule has 0 saturated carbocycles. The average Bonchev–Trinajstić information content (AvgIpc) is 3.39. The summed E-state index contributed by atoms with van der Waals surface area (Å²) in [6.45, 7) is 16.2. The van der Waals surface area contributed by atoms with Gasteiger partial charge in [-0.2, -0.15) is 61.4 Å². The van der Waals surface area contributed by atoms with Gasteiger partial charge >= 0.3 is 26.2 Å². The van der Waals surface area contributed by atoms with Gasteiger partial charge in [-0.15, -0.1) is 51.0 Å². The van der Waals surface area contributed by atoms with Crippen LogP contribution in [0.25, 0.3) is 0 Å². The summed E-state index contributed by atoms with van der Waals surface area (Å²) in [6.07, 6.45) is 18.1. The van der Waals surface area contributed by atoms with Gasteiger partial charge in [-0.3, -0.25) is 12.2 Å². The van der Waals surface area contributed by atoms with Gasteiger partial charge in [0.05, 0.1) is 0 Å². The minimum atomic E-state index is 0. The Labute approximate surface area is 223 Å². The van der Waals surface area contributed by atoms with Gasteiger partial charge in [0.25, 0.3) is 0 Å². The quantitative estimate of drug-likeness (QED) is 0.356. The third-order valence-corrected chi connectivity index (χ3v) is 5.09. The summed E-state index contributed by atoms with van der Waals surface area (Å²) < 4.78 is 0. The molecule has 0 bridgehead atoms. The second kappa shape index (κ2) is 19.5. The molecule has 2 aliphatic rings. The van der Waals surface area contributed by atoms with E-state index in [0.29, 0.717) is 0 Å².